The average Bonchev–Trinajstić information content (AvgIpc) is 3.17. The van der Waals surface area contributed by atoms with Crippen LogP contribution < -0.4 is 10.2 Å². The van der Waals surface area contributed by atoms with Gasteiger partial charge in [-0.15, -0.1) is 10.2 Å². The van der Waals surface area contributed by atoms with Crippen LogP contribution >= 0.6 is 11.3 Å². The van der Waals surface area contributed by atoms with Gasteiger partial charge in [-0.25, -0.2) is 0 Å². The highest BCUT2D eigenvalue weighted by molar-refractivity contribution is 7.13. The van der Waals surface area contributed by atoms with E-state index in [-0.39, 0.29) is 11.4 Å². The maximum Gasteiger partial charge on any atom is 0.270 e. The first-order chi connectivity index (χ1) is 11.5. The molecule has 0 saturated carbocycles. The number of nitrogens with one attached hydrogen (secondary N) is 1. The molecule has 3 heterocycles. The van der Waals surface area contributed by atoms with E-state index in [1.807, 2.05) is 0 Å². The van der Waals surface area contributed by atoms with E-state index in [1.165, 1.54) is 11.3 Å². The van der Waals surface area contributed by atoms with Gasteiger partial charge in [0.2, 0.25) is 5.13 Å². The molecule has 1 amide bonds. The standard InChI is InChI=1S/C16H24N6OS/c1-12(2)9-22-13(5-7-18-22)14(23)19-16(3)6-4-8-21(10-16)15-20-17-11-24-15/h5,7,11-12H,4,6,8-10H2,1-3H3,(H,19,23). The smallest absolute Gasteiger partial charge is 0.270 e. The van der Waals surface area contributed by atoms with Crippen molar-refractivity contribution < 1.29 is 4.79 Å². The molecule has 2 aromatic heterocycles. The lowest BCUT2D eigenvalue weighted by atomic mass is 9.91. The Morgan fingerprint density at radius 1 is 1.50 bits per heavy atom. The van der Waals surface area contributed by atoms with E-state index in [2.05, 4.69) is 46.3 Å². The number of carbonyl (C=O) groups is 1. The molecule has 1 unspecified atom stereocenters. The van der Waals surface area contributed by atoms with Gasteiger partial charge in [0.1, 0.15) is 11.2 Å². The second-order valence-electron chi connectivity index (χ2n) is 7.05. The fourth-order valence-electron chi connectivity index (χ4n) is 3.16. The van der Waals surface area contributed by atoms with Crippen LogP contribution in [-0.4, -0.2) is 44.5 Å². The van der Waals surface area contributed by atoms with Crippen LogP contribution in [0.1, 0.15) is 44.1 Å². The van der Waals surface area contributed by atoms with E-state index >= 15 is 0 Å². The zero-order valence-electron chi connectivity index (χ0n) is 14.4. The molecule has 0 bridgehead atoms. The van der Waals surface area contributed by atoms with Crippen molar-refractivity contribution in [2.75, 3.05) is 18.0 Å². The zero-order valence-corrected chi connectivity index (χ0v) is 15.2. The Balaban J connectivity index is 1.70. The largest absolute Gasteiger partial charge is 0.344 e. The highest BCUT2D eigenvalue weighted by Crippen LogP contribution is 2.26. The lowest BCUT2D eigenvalue weighted by Crippen LogP contribution is -2.57. The third kappa shape index (κ3) is 3.75. The Morgan fingerprint density at radius 3 is 3.04 bits per heavy atom. The monoisotopic (exact) mass is 348 g/mol. The Morgan fingerprint density at radius 2 is 2.33 bits per heavy atom. The summed E-state index contributed by atoms with van der Waals surface area (Å²) in [7, 11) is 0. The van der Waals surface area contributed by atoms with E-state index in [0.717, 1.165) is 37.6 Å². The highest BCUT2D eigenvalue weighted by Gasteiger charge is 2.34. The number of hydrogen-bond acceptors (Lipinski definition) is 6. The predicted octanol–water partition coefficient (Wildman–Crippen LogP) is 2.18. The van der Waals surface area contributed by atoms with Gasteiger partial charge in [-0.2, -0.15) is 5.10 Å². The average molecular weight is 348 g/mol. The number of amides is 1. The van der Waals surface area contributed by atoms with Crippen molar-refractivity contribution in [2.45, 2.75) is 45.7 Å². The first-order valence-corrected chi connectivity index (χ1v) is 9.20. The quantitative estimate of drug-likeness (QED) is 0.896. The maximum atomic E-state index is 12.8. The molecule has 7 nitrogen and oxygen atoms in total. The van der Waals surface area contributed by atoms with Crippen molar-refractivity contribution in [3.05, 3.63) is 23.5 Å². The van der Waals surface area contributed by atoms with Crippen LogP contribution in [0.2, 0.25) is 0 Å². The third-order valence-corrected chi connectivity index (χ3v) is 4.97. The summed E-state index contributed by atoms with van der Waals surface area (Å²) < 4.78 is 1.79. The second kappa shape index (κ2) is 6.88. The van der Waals surface area contributed by atoms with Gasteiger partial charge in [0.15, 0.2) is 0 Å². The molecule has 1 saturated heterocycles. The number of hydrogen-bond donors (Lipinski definition) is 1. The molecule has 0 aliphatic carbocycles. The molecule has 24 heavy (non-hydrogen) atoms. The molecule has 3 rings (SSSR count). The van der Waals surface area contributed by atoms with Crippen LogP contribution in [0.25, 0.3) is 0 Å². The Labute approximate surface area is 146 Å². The van der Waals surface area contributed by atoms with Crippen LogP contribution in [0.4, 0.5) is 5.13 Å². The summed E-state index contributed by atoms with van der Waals surface area (Å²) in [5.74, 6) is 0.379. The first-order valence-electron chi connectivity index (χ1n) is 8.32. The van der Waals surface area contributed by atoms with E-state index in [9.17, 15) is 4.79 Å². The Bertz CT molecular complexity index is 683. The Hall–Kier alpha value is -1.96. The minimum absolute atomic E-state index is 0.0604. The van der Waals surface area contributed by atoms with Gasteiger partial charge >= 0.3 is 0 Å². The number of carbonyl (C=O) groups excluding carboxylic acids is 1. The number of rotatable bonds is 5. The third-order valence-electron chi connectivity index (χ3n) is 4.22. The molecule has 1 aliphatic heterocycles. The zero-order chi connectivity index (χ0) is 17.2. The summed E-state index contributed by atoms with van der Waals surface area (Å²) in [5.41, 5.74) is 2.08. The lowest BCUT2D eigenvalue weighted by molar-refractivity contribution is 0.0884. The van der Waals surface area contributed by atoms with Crippen LogP contribution in [0, 0.1) is 5.92 Å². The van der Waals surface area contributed by atoms with Gasteiger partial charge in [0, 0.05) is 25.8 Å². The van der Waals surface area contributed by atoms with Crippen LogP contribution in [0.3, 0.4) is 0 Å². The second-order valence-corrected chi connectivity index (χ2v) is 7.87. The number of anilines is 1. The summed E-state index contributed by atoms with van der Waals surface area (Å²) in [4.78, 5) is 15.0. The summed E-state index contributed by atoms with van der Waals surface area (Å²) in [6.45, 7) is 8.76. The SMILES string of the molecule is CC(C)Cn1nccc1C(=O)NC1(C)CCCN(c2nncs2)C1. The molecule has 1 atom stereocenters. The molecule has 1 aliphatic rings. The van der Waals surface area contributed by atoms with Gasteiger partial charge in [-0.05, 0) is 31.7 Å². The fourth-order valence-corrected chi connectivity index (χ4v) is 3.75. The molecule has 0 aromatic carbocycles. The molecule has 1 fully saturated rings. The van der Waals surface area contributed by atoms with Gasteiger partial charge < -0.3 is 10.2 Å². The fraction of sp³-hybridized carbons (Fsp3) is 0.625. The molecular weight excluding hydrogens is 324 g/mol. The van der Waals surface area contributed by atoms with Crippen molar-refractivity contribution in [3.8, 4) is 0 Å². The summed E-state index contributed by atoms with van der Waals surface area (Å²) in [6, 6.07) is 1.78. The summed E-state index contributed by atoms with van der Waals surface area (Å²) in [6.07, 6.45) is 3.65. The van der Waals surface area contributed by atoms with E-state index in [1.54, 1.807) is 22.5 Å². The molecular formula is C16H24N6OS. The minimum atomic E-state index is -0.284. The lowest BCUT2D eigenvalue weighted by Gasteiger charge is -2.40. The van der Waals surface area contributed by atoms with Crippen molar-refractivity contribution in [1.29, 1.82) is 0 Å². The number of aromatic nitrogens is 4. The molecule has 0 spiro atoms. The Kier molecular flexibility index (Phi) is 4.84. The van der Waals surface area contributed by atoms with E-state index in [4.69, 9.17) is 0 Å². The summed E-state index contributed by atoms with van der Waals surface area (Å²) >= 11 is 1.53. The molecule has 0 radical (unpaired) electrons. The molecule has 130 valence electrons. The van der Waals surface area contributed by atoms with Crippen LogP contribution in [0.15, 0.2) is 17.8 Å². The highest BCUT2D eigenvalue weighted by atomic mass is 32.1. The molecule has 1 N–H and O–H groups in total. The van der Waals surface area contributed by atoms with Gasteiger partial charge in [0.25, 0.3) is 5.91 Å². The summed E-state index contributed by atoms with van der Waals surface area (Å²) in [5, 5.41) is 16.5. The minimum Gasteiger partial charge on any atom is -0.344 e. The van der Waals surface area contributed by atoms with Gasteiger partial charge in [0.05, 0.1) is 5.54 Å². The first kappa shape index (κ1) is 16.9. The maximum absolute atomic E-state index is 12.8. The van der Waals surface area contributed by atoms with Crippen molar-refractivity contribution in [2.24, 2.45) is 5.92 Å². The molecule has 8 heteroatoms. The topological polar surface area (TPSA) is 75.9 Å². The van der Waals surface area contributed by atoms with Crippen LogP contribution in [-0.2, 0) is 6.54 Å². The van der Waals surface area contributed by atoms with Crippen molar-refractivity contribution >= 4 is 22.4 Å². The van der Waals surface area contributed by atoms with E-state index < -0.39 is 0 Å². The van der Waals surface area contributed by atoms with Crippen LogP contribution in [0.5, 0.6) is 0 Å². The number of piperidine rings is 1. The van der Waals surface area contributed by atoms with Gasteiger partial charge in [-0.1, -0.05) is 25.2 Å². The van der Waals surface area contributed by atoms with Gasteiger partial charge in [-0.3, -0.25) is 9.48 Å². The van der Waals surface area contributed by atoms with Crippen molar-refractivity contribution in [1.82, 2.24) is 25.3 Å². The number of nitrogens with zero attached hydrogens (tertiary/aromatic N) is 5. The predicted molar refractivity (Wildman–Crippen MR) is 94.3 cm³/mol. The van der Waals surface area contributed by atoms with Crippen molar-refractivity contribution in [3.63, 3.8) is 0 Å². The van der Waals surface area contributed by atoms with E-state index in [0.29, 0.717) is 11.6 Å². The normalized spacial score (nSPS) is 21.2. The molecule has 2 aromatic rings.